The molecule has 0 saturated carbocycles. The summed E-state index contributed by atoms with van der Waals surface area (Å²) >= 11 is 0. The molecule has 0 aromatic carbocycles. The van der Waals surface area contributed by atoms with Crippen LogP contribution in [0.4, 0.5) is 0 Å². The molecule has 2 bridgehead atoms. The number of fused-ring (bicyclic) bond motifs is 16. The van der Waals surface area contributed by atoms with Crippen molar-refractivity contribution >= 4 is 0 Å². The Kier molecular flexibility index (Phi) is 8.70. The highest BCUT2D eigenvalue weighted by atomic mass is 15.1. The smallest absolute Gasteiger partial charge is 0.0533 e. The Hall–Kier alpha value is -0.320. The summed E-state index contributed by atoms with van der Waals surface area (Å²) in [6, 6.07) is 0.153. The average Bonchev–Trinajstić information content (AvgIpc) is 2.54. The van der Waals surface area contributed by atoms with Crippen LogP contribution in [0.3, 0.4) is 0 Å². The Morgan fingerprint density at radius 3 is 1.48 bits per heavy atom. The second-order valence-corrected chi connectivity index (χ2v) is 6.93. The summed E-state index contributed by atoms with van der Waals surface area (Å²) in [4.78, 5) is 0. The third kappa shape index (κ3) is 7.40. The van der Waals surface area contributed by atoms with E-state index in [4.69, 9.17) is 11.5 Å². The summed E-state index contributed by atoms with van der Waals surface area (Å²) in [7, 11) is 0. The second-order valence-electron chi connectivity index (χ2n) is 6.93. The highest BCUT2D eigenvalue weighted by molar-refractivity contribution is 4.92. The first-order valence-corrected chi connectivity index (χ1v) is 8.98. The van der Waals surface area contributed by atoms with E-state index in [-0.39, 0.29) is 11.6 Å². The Bertz CT molecular complexity index is 298. The SMILES string of the molecule is N[C@@H]1CNCCNCC2(N)CNCCNCC1CNCCNC2. The van der Waals surface area contributed by atoms with Gasteiger partial charge in [-0.25, -0.2) is 0 Å². The molecule has 3 aliphatic heterocycles. The van der Waals surface area contributed by atoms with Gasteiger partial charge < -0.3 is 43.4 Å². The van der Waals surface area contributed by atoms with Crippen molar-refractivity contribution in [2.45, 2.75) is 11.6 Å². The van der Waals surface area contributed by atoms with Crippen molar-refractivity contribution in [3.8, 4) is 0 Å². The van der Waals surface area contributed by atoms with Crippen LogP contribution in [-0.4, -0.2) is 90.1 Å². The molecule has 1 atom stereocenters. The van der Waals surface area contributed by atoms with Crippen LogP contribution in [0.25, 0.3) is 0 Å². The Morgan fingerprint density at radius 2 is 1.00 bits per heavy atom. The van der Waals surface area contributed by atoms with Gasteiger partial charge in [-0.3, -0.25) is 0 Å². The molecule has 10 N–H and O–H groups in total. The quantitative estimate of drug-likeness (QED) is 0.228. The highest BCUT2D eigenvalue weighted by Gasteiger charge is 2.24. The number of hydrogen-bond acceptors (Lipinski definition) is 8. The highest BCUT2D eigenvalue weighted by Crippen LogP contribution is 2.00. The molecule has 3 saturated heterocycles. The second kappa shape index (κ2) is 10.5. The monoisotopic (exact) mass is 328 g/mol. The molecule has 23 heavy (non-hydrogen) atoms. The van der Waals surface area contributed by atoms with E-state index >= 15 is 0 Å². The maximum absolute atomic E-state index is 6.59. The molecule has 0 aliphatic carbocycles. The maximum atomic E-state index is 6.59. The third-order valence-corrected chi connectivity index (χ3v) is 4.67. The molecule has 0 unspecified atom stereocenters. The molecule has 8 heteroatoms. The zero-order chi connectivity index (χ0) is 16.4. The fourth-order valence-corrected chi connectivity index (χ4v) is 3.12. The first-order chi connectivity index (χ1) is 11.2. The van der Waals surface area contributed by atoms with Crippen LogP contribution in [-0.2, 0) is 0 Å². The lowest BCUT2D eigenvalue weighted by atomic mass is 10.00. The third-order valence-electron chi connectivity index (χ3n) is 4.67. The Morgan fingerprint density at radius 1 is 0.609 bits per heavy atom. The summed E-state index contributed by atoms with van der Waals surface area (Å²) in [5, 5.41) is 21.0. The van der Waals surface area contributed by atoms with Crippen molar-refractivity contribution in [3.05, 3.63) is 0 Å². The standard InChI is InChI=1S/C15H36N8/c16-14-9-20-3-6-23-12-15(17)10-21-4-1-18-7-13(14)8-19-2-5-22-11-15/h13-14,18-23H,1-12,16-17H2/t13?,14-,15?/m1/s1. The predicted molar refractivity (Wildman–Crippen MR) is 95.6 cm³/mol. The molecule has 3 rings (SSSR count). The van der Waals surface area contributed by atoms with Gasteiger partial charge in [0.1, 0.15) is 0 Å². The molecule has 0 aromatic rings. The Labute approximate surface area is 140 Å². The van der Waals surface area contributed by atoms with E-state index in [0.29, 0.717) is 5.92 Å². The van der Waals surface area contributed by atoms with Gasteiger partial charge in [0.05, 0.1) is 5.54 Å². The van der Waals surface area contributed by atoms with E-state index in [1.165, 1.54) is 0 Å². The lowest BCUT2D eigenvalue weighted by molar-refractivity contribution is 0.341. The van der Waals surface area contributed by atoms with Gasteiger partial charge in [-0.1, -0.05) is 0 Å². The summed E-state index contributed by atoms with van der Waals surface area (Å²) in [6.07, 6.45) is 0. The van der Waals surface area contributed by atoms with Crippen LogP contribution in [0.2, 0.25) is 0 Å². The van der Waals surface area contributed by atoms with E-state index in [2.05, 4.69) is 31.9 Å². The molecule has 0 spiro atoms. The predicted octanol–water partition coefficient (Wildman–Crippen LogP) is -3.81. The minimum atomic E-state index is -0.275. The van der Waals surface area contributed by atoms with Crippen LogP contribution in [0.15, 0.2) is 0 Å². The van der Waals surface area contributed by atoms with Crippen LogP contribution >= 0.6 is 0 Å². The zero-order valence-corrected chi connectivity index (χ0v) is 14.3. The normalized spacial score (nSPS) is 36.8. The Balaban J connectivity index is 2.01. The number of rotatable bonds is 0. The largest absolute Gasteiger partial charge is 0.326 e. The van der Waals surface area contributed by atoms with Gasteiger partial charge in [0.15, 0.2) is 0 Å². The van der Waals surface area contributed by atoms with Crippen LogP contribution in [0.1, 0.15) is 0 Å². The van der Waals surface area contributed by atoms with Gasteiger partial charge in [-0.05, 0) is 0 Å². The van der Waals surface area contributed by atoms with E-state index in [9.17, 15) is 0 Å². The molecule has 0 radical (unpaired) electrons. The number of nitrogens with two attached hydrogens (primary N) is 2. The number of hydrogen-bond donors (Lipinski definition) is 8. The van der Waals surface area contributed by atoms with Crippen LogP contribution in [0.5, 0.6) is 0 Å². The summed E-state index contributed by atoms with van der Waals surface area (Å²) in [6.45, 7) is 10.7. The van der Waals surface area contributed by atoms with Gasteiger partial charge >= 0.3 is 0 Å². The van der Waals surface area contributed by atoms with Gasteiger partial charge in [-0.15, -0.1) is 0 Å². The van der Waals surface area contributed by atoms with Crippen molar-refractivity contribution in [2.75, 3.05) is 78.5 Å². The zero-order valence-electron chi connectivity index (χ0n) is 14.3. The first kappa shape index (κ1) is 19.0. The molecule has 8 nitrogen and oxygen atoms in total. The molecule has 3 fully saturated rings. The van der Waals surface area contributed by atoms with Crippen molar-refractivity contribution < 1.29 is 0 Å². The van der Waals surface area contributed by atoms with E-state index in [0.717, 1.165) is 78.5 Å². The fourth-order valence-electron chi connectivity index (χ4n) is 3.12. The first-order valence-electron chi connectivity index (χ1n) is 8.98. The van der Waals surface area contributed by atoms with Gasteiger partial charge in [-0.2, -0.15) is 0 Å². The summed E-state index contributed by atoms with van der Waals surface area (Å²) in [5.74, 6) is 0.428. The molecule has 3 heterocycles. The van der Waals surface area contributed by atoms with Gasteiger partial charge in [0, 0.05) is 90.5 Å². The lowest BCUT2D eigenvalue weighted by Crippen LogP contribution is -2.62. The van der Waals surface area contributed by atoms with Gasteiger partial charge in [0.25, 0.3) is 0 Å². The van der Waals surface area contributed by atoms with Crippen molar-refractivity contribution in [1.29, 1.82) is 0 Å². The van der Waals surface area contributed by atoms with Crippen molar-refractivity contribution in [2.24, 2.45) is 17.4 Å². The average molecular weight is 329 g/mol. The van der Waals surface area contributed by atoms with E-state index in [1.807, 2.05) is 0 Å². The van der Waals surface area contributed by atoms with Crippen molar-refractivity contribution in [3.63, 3.8) is 0 Å². The molecular formula is C15H36N8. The summed E-state index contributed by atoms with van der Waals surface area (Å²) in [5.41, 5.74) is 12.7. The van der Waals surface area contributed by atoms with Crippen LogP contribution in [0, 0.1) is 5.92 Å². The van der Waals surface area contributed by atoms with E-state index < -0.39 is 0 Å². The maximum Gasteiger partial charge on any atom is 0.0533 e. The number of nitrogens with one attached hydrogen (secondary N) is 6. The lowest BCUT2D eigenvalue weighted by Gasteiger charge is -2.31. The van der Waals surface area contributed by atoms with Crippen LogP contribution < -0.4 is 43.4 Å². The fraction of sp³-hybridized carbons (Fsp3) is 1.00. The molecule has 3 aliphatic rings. The van der Waals surface area contributed by atoms with Crippen molar-refractivity contribution in [1.82, 2.24) is 31.9 Å². The molecule has 0 aromatic heterocycles. The molecular weight excluding hydrogens is 292 g/mol. The minimum Gasteiger partial charge on any atom is -0.326 e. The van der Waals surface area contributed by atoms with E-state index in [1.54, 1.807) is 0 Å². The minimum absolute atomic E-state index is 0.153. The molecule has 0 amide bonds. The molecule has 136 valence electrons. The topological polar surface area (TPSA) is 124 Å². The van der Waals surface area contributed by atoms with Gasteiger partial charge in [0.2, 0.25) is 0 Å². The summed E-state index contributed by atoms with van der Waals surface area (Å²) < 4.78 is 0.